The van der Waals surface area contributed by atoms with Gasteiger partial charge in [0.15, 0.2) is 5.69 Å². The van der Waals surface area contributed by atoms with Gasteiger partial charge in [0.1, 0.15) is 0 Å². The SMILES string of the molecule is Cc1ccc(-n2nc(-c3nc(-c4ccc(C)c(C)c4)no3)c3ccccc3c2=O)cc1. The summed E-state index contributed by atoms with van der Waals surface area (Å²) < 4.78 is 6.98. The number of aryl methyl sites for hydroxylation is 3. The lowest BCUT2D eigenvalue weighted by Gasteiger charge is -2.09. The molecule has 0 N–H and O–H groups in total. The first-order valence-corrected chi connectivity index (χ1v) is 10.0. The highest BCUT2D eigenvalue weighted by molar-refractivity contribution is 5.92. The summed E-state index contributed by atoms with van der Waals surface area (Å²) in [5.41, 5.74) is 5.28. The first-order valence-electron chi connectivity index (χ1n) is 10.0. The fourth-order valence-corrected chi connectivity index (χ4v) is 3.53. The molecule has 0 spiro atoms. The number of nitrogens with zero attached hydrogens (tertiary/aromatic N) is 4. The van der Waals surface area contributed by atoms with Gasteiger partial charge in [0, 0.05) is 10.9 Å². The van der Waals surface area contributed by atoms with Crippen molar-refractivity contribution in [2.75, 3.05) is 0 Å². The Balaban J connectivity index is 1.71. The van der Waals surface area contributed by atoms with Crippen molar-refractivity contribution in [1.29, 1.82) is 0 Å². The van der Waals surface area contributed by atoms with Gasteiger partial charge >= 0.3 is 0 Å². The van der Waals surface area contributed by atoms with Crippen molar-refractivity contribution in [1.82, 2.24) is 19.9 Å². The Morgan fingerprint density at radius 1 is 0.839 bits per heavy atom. The number of benzene rings is 3. The minimum Gasteiger partial charge on any atom is -0.332 e. The molecule has 5 aromatic rings. The van der Waals surface area contributed by atoms with Gasteiger partial charge in [-0.05, 0) is 56.2 Å². The van der Waals surface area contributed by atoms with Crippen molar-refractivity contribution in [3.05, 3.63) is 93.8 Å². The molecule has 0 unspecified atom stereocenters. The third-order valence-electron chi connectivity index (χ3n) is 5.48. The van der Waals surface area contributed by atoms with Gasteiger partial charge in [0.2, 0.25) is 5.82 Å². The normalized spacial score (nSPS) is 11.2. The summed E-state index contributed by atoms with van der Waals surface area (Å²) >= 11 is 0. The predicted molar refractivity (Wildman–Crippen MR) is 120 cm³/mol. The van der Waals surface area contributed by atoms with Crippen LogP contribution in [0.25, 0.3) is 39.4 Å². The molecular weight excluding hydrogens is 388 g/mol. The van der Waals surface area contributed by atoms with E-state index in [1.165, 1.54) is 10.2 Å². The van der Waals surface area contributed by atoms with Crippen molar-refractivity contribution in [3.8, 4) is 28.7 Å². The Bertz CT molecular complexity index is 1480. The zero-order valence-corrected chi connectivity index (χ0v) is 17.5. The Kier molecular flexibility index (Phi) is 4.47. The number of hydrogen-bond acceptors (Lipinski definition) is 5. The number of fused-ring (bicyclic) bond motifs is 1. The van der Waals surface area contributed by atoms with Gasteiger partial charge in [0.05, 0.1) is 11.1 Å². The fourth-order valence-electron chi connectivity index (χ4n) is 3.53. The molecule has 0 saturated heterocycles. The average Bonchev–Trinajstić information content (AvgIpc) is 3.27. The average molecular weight is 408 g/mol. The minimum absolute atomic E-state index is 0.197. The second-order valence-corrected chi connectivity index (χ2v) is 7.67. The van der Waals surface area contributed by atoms with E-state index < -0.39 is 0 Å². The number of rotatable bonds is 3. The van der Waals surface area contributed by atoms with Gasteiger partial charge in [-0.3, -0.25) is 4.79 Å². The Morgan fingerprint density at radius 3 is 2.32 bits per heavy atom. The quantitative estimate of drug-likeness (QED) is 0.419. The Labute approximate surface area is 178 Å². The zero-order valence-electron chi connectivity index (χ0n) is 17.5. The summed E-state index contributed by atoms with van der Waals surface area (Å²) in [6.45, 7) is 6.11. The van der Waals surface area contributed by atoms with E-state index in [4.69, 9.17) is 4.52 Å². The van der Waals surface area contributed by atoms with Crippen LogP contribution >= 0.6 is 0 Å². The second-order valence-electron chi connectivity index (χ2n) is 7.67. The topological polar surface area (TPSA) is 73.8 Å². The predicted octanol–water partition coefficient (Wildman–Crippen LogP) is 5.03. The molecule has 2 heterocycles. The van der Waals surface area contributed by atoms with E-state index in [1.54, 1.807) is 6.07 Å². The van der Waals surface area contributed by atoms with Gasteiger partial charge < -0.3 is 4.52 Å². The smallest absolute Gasteiger partial charge is 0.279 e. The van der Waals surface area contributed by atoms with E-state index in [0.29, 0.717) is 28.0 Å². The van der Waals surface area contributed by atoms with Crippen LogP contribution in [-0.4, -0.2) is 19.9 Å². The number of hydrogen-bond donors (Lipinski definition) is 0. The Hall–Kier alpha value is -4.06. The van der Waals surface area contributed by atoms with E-state index in [0.717, 1.165) is 16.7 Å². The molecule has 0 amide bonds. The molecule has 0 aliphatic rings. The first-order chi connectivity index (χ1) is 15.0. The van der Waals surface area contributed by atoms with E-state index >= 15 is 0 Å². The molecule has 0 fully saturated rings. The molecule has 6 nitrogen and oxygen atoms in total. The van der Waals surface area contributed by atoms with E-state index in [2.05, 4.69) is 22.2 Å². The van der Waals surface area contributed by atoms with Crippen LogP contribution in [0.4, 0.5) is 0 Å². The van der Waals surface area contributed by atoms with Gasteiger partial charge in [0.25, 0.3) is 11.4 Å². The van der Waals surface area contributed by atoms with E-state index in [1.807, 2.05) is 74.5 Å². The standard InChI is InChI=1S/C25H20N4O2/c1-15-8-12-19(13-9-15)29-25(30)21-7-5-4-6-20(21)22(27-29)24-26-23(28-31-24)18-11-10-16(2)17(3)14-18/h4-14H,1-3H3. The monoisotopic (exact) mass is 408 g/mol. The molecule has 152 valence electrons. The first kappa shape index (κ1) is 18.9. The highest BCUT2D eigenvalue weighted by atomic mass is 16.5. The van der Waals surface area contributed by atoms with Gasteiger partial charge in [-0.15, -0.1) is 0 Å². The molecule has 0 saturated carbocycles. The van der Waals surface area contributed by atoms with Crippen LogP contribution in [-0.2, 0) is 0 Å². The highest BCUT2D eigenvalue weighted by Crippen LogP contribution is 2.27. The van der Waals surface area contributed by atoms with Crippen molar-refractivity contribution < 1.29 is 4.52 Å². The maximum atomic E-state index is 13.1. The third kappa shape index (κ3) is 3.32. The molecule has 3 aromatic carbocycles. The molecule has 0 aliphatic carbocycles. The highest BCUT2D eigenvalue weighted by Gasteiger charge is 2.19. The molecule has 0 atom stereocenters. The Morgan fingerprint density at radius 2 is 1.58 bits per heavy atom. The lowest BCUT2D eigenvalue weighted by molar-refractivity contribution is 0.430. The summed E-state index contributed by atoms with van der Waals surface area (Å²) in [4.78, 5) is 17.7. The molecule has 0 radical (unpaired) electrons. The molecule has 0 bridgehead atoms. The third-order valence-corrected chi connectivity index (χ3v) is 5.48. The van der Waals surface area contributed by atoms with Gasteiger partial charge in [-0.2, -0.15) is 14.8 Å². The summed E-state index contributed by atoms with van der Waals surface area (Å²) in [6, 6.07) is 21.0. The second kappa shape index (κ2) is 7.32. The molecule has 6 heteroatoms. The summed E-state index contributed by atoms with van der Waals surface area (Å²) in [6.07, 6.45) is 0. The molecule has 2 aromatic heterocycles. The largest absolute Gasteiger partial charge is 0.332 e. The van der Waals surface area contributed by atoms with Crippen LogP contribution in [0.15, 0.2) is 76.0 Å². The zero-order chi connectivity index (χ0) is 21.5. The molecule has 5 rings (SSSR count). The van der Waals surface area contributed by atoms with Crippen LogP contribution in [0.1, 0.15) is 16.7 Å². The molecule has 0 aliphatic heterocycles. The van der Waals surface area contributed by atoms with E-state index in [9.17, 15) is 4.79 Å². The maximum Gasteiger partial charge on any atom is 0.279 e. The van der Waals surface area contributed by atoms with Crippen LogP contribution in [0.2, 0.25) is 0 Å². The van der Waals surface area contributed by atoms with Crippen molar-refractivity contribution in [2.24, 2.45) is 0 Å². The summed E-state index contributed by atoms with van der Waals surface area (Å²) in [5, 5.41) is 9.99. The van der Waals surface area contributed by atoms with Crippen molar-refractivity contribution in [2.45, 2.75) is 20.8 Å². The molecule has 31 heavy (non-hydrogen) atoms. The minimum atomic E-state index is -0.197. The van der Waals surface area contributed by atoms with Crippen LogP contribution in [0.5, 0.6) is 0 Å². The number of aromatic nitrogens is 4. The summed E-state index contributed by atoms with van der Waals surface area (Å²) in [5.74, 6) is 0.752. The lowest BCUT2D eigenvalue weighted by atomic mass is 10.1. The fraction of sp³-hybridized carbons (Fsp3) is 0.120. The van der Waals surface area contributed by atoms with Crippen LogP contribution in [0, 0.1) is 20.8 Å². The van der Waals surface area contributed by atoms with Gasteiger partial charge in [-0.25, -0.2) is 0 Å². The van der Waals surface area contributed by atoms with Crippen molar-refractivity contribution in [3.63, 3.8) is 0 Å². The lowest BCUT2D eigenvalue weighted by Crippen LogP contribution is -2.22. The summed E-state index contributed by atoms with van der Waals surface area (Å²) in [7, 11) is 0. The van der Waals surface area contributed by atoms with Crippen molar-refractivity contribution >= 4 is 10.8 Å². The van der Waals surface area contributed by atoms with E-state index in [-0.39, 0.29) is 11.4 Å². The maximum absolute atomic E-state index is 13.1. The van der Waals surface area contributed by atoms with Gasteiger partial charge in [-0.1, -0.05) is 53.2 Å². The molecular formula is C25H20N4O2. The van der Waals surface area contributed by atoms with Crippen LogP contribution in [0.3, 0.4) is 0 Å². The van der Waals surface area contributed by atoms with Crippen LogP contribution < -0.4 is 5.56 Å².